The van der Waals surface area contributed by atoms with Crippen molar-refractivity contribution in [2.24, 2.45) is 5.92 Å². The van der Waals surface area contributed by atoms with Crippen molar-refractivity contribution in [2.75, 3.05) is 13.1 Å². The standard InChI is InChI=1S/C18H23NO3/c20-17(21)11-13-7-9-19(10-8-13)18(22)16-6-5-14-3-1-2-4-15(14)12-16/h5-6,12-13H,1-4,7-11H2,(H,20,21). The summed E-state index contributed by atoms with van der Waals surface area (Å²) in [7, 11) is 0. The van der Waals surface area contributed by atoms with Crippen LogP contribution >= 0.6 is 0 Å². The molecular weight excluding hydrogens is 278 g/mol. The predicted octanol–water partition coefficient (Wildman–Crippen LogP) is 2.89. The van der Waals surface area contributed by atoms with Crippen LogP contribution < -0.4 is 0 Å². The molecule has 1 amide bonds. The monoisotopic (exact) mass is 301 g/mol. The molecule has 1 heterocycles. The Labute approximate surface area is 131 Å². The van der Waals surface area contributed by atoms with Crippen molar-refractivity contribution in [3.8, 4) is 0 Å². The summed E-state index contributed by atoms with van der Waals surface area (Å²) < 4.78 is 0. The van der Waals surface area contributed by atoms with Crippen LogP contribution in [-0.4, -0.2) is 35.0 Å². The van der Waals surface area contributed by atoms with E-state index in [1.54, 1.807) is 0 Å². The second kappa shape index (κ2) is 6.51. The lowest BCUT2D eigenvalue weighted by Gasteiger charge is -2.31. The molecule has 1 aromatic rings. The third-order valence-corrected chi connectivity index (χ3v) is 4.96. The molecule has 2 aliphatic rings. The Kier molecular flexibility index (Phi) is 4.46. The number of carboxylic acids is 1. The SMILES string of the molecule is O=C(O)CC1CCN(C(=O)c2ccc3c(c2)CCCC3)CC1. The minimum absolute atomic E-state index is 0.0992. The van der Waals surface area contributed by atoms with E-state index in [1.807, 2.05) is 11.0 Å². The van der Waals surface area contributed by atoms with Gasteiger partial charge in [-0.25, -0.2) is 0 Å². The predicted molar refractivity (Wildman–Crippen MR) is 84.0 cm³/mol. The zero-order valence-corrected chi connectivity index (χ0v) is 12.9. The van der Waals surface area contributed by atoms with E-state index in [4.69, 9.17) is 5.11 Å². The molecule has 0 bridgehead atoms. The molecule has 1 fully saturated rings. The molecule has 0 aromatic heterocycles. The average molecular weight is 301 g/mol. The maximum atomic E-state index is 12.6. The lowest BCUT2D eigenvalue weighted by atomic mass is 9.89. The van der Waals surface area contributed by atoms with E-state index < -0.39 is 5.97 Å². The van der Waals surface area contributed by atoms with Gasteiger partial charge in [0.25, 0.3) is 5.91 Å². The molecule has 0 radical (unpaired) electrons. The van der Waals surface area contributed by atoms with Crippen LogP contribution in [0.1, 0.15) is 53.6 Å². The Morgan fingerprint density at radius 3 is 2.45 bits per heavy atom. The minimum Gasteiger partial charge on any atom is -0.481 e. The number of carboxylic acid groups (broad SMARTS) is 1. The van der Waals surface area contributed by atoms with E-state index in [1.165, 1.54) is 24.0 Å². The first-order valence-electron chi connectivity index (χ1n) is 8.26. The number of aryl methyl sites for hydroxylation is 2. The number of aliphatic carboxylic acids is 1. The quantitative estimate of drug-likeness (QED) is 0.934. The second-order valence-corrected chi connectivity index (χ2v) is 6.52. The van der Waals surface area contributed by atoms with Gasteiger partial charge in [0.05, 0.1) is 0 Å². The van der Waals surface area contributed by atoms with E-state index in [0.717, 1.165) is 31.2 Å². The number of likely N-dealkylation sites (tertiary alicyclic amines) is 1. The van der Waals surface area contributed by atoms with E-state index in [9.17, 15) is 9.59 Å². The number of benzene rings is 1. The van der Waals surface area contributed by atoms with Crippen molar-refractivity contribution in [2.45, 2.75) is 44.9 Å². The summed E-state index contributed by atoms with van der Waals surface area (Å²) in [5.74, 6) is -0.424. The molecule has 1 N–H and O–H groups in total. The fraction of sp³-hybridized carbons (Fsp3) is 0.556. The molecule has 1 aliphatic heterocycles. The second-order valence-electron chi connectivity index (χ2n) is 6.52. The summed E-state index contributed by atoms with van der Waals surface area (Å²) >= 11 is 0. The van der Waals surface area contributed by atoms with E-state index in [-0.39, 0.29) is 18.2 Å². The number of carbonyl (C=O) groups is 2. The number of hydrogen-bond donors (Lipinski definition) is 1. The van der Waals surface area contributed by atoms with Crippen LogP contribution in [0.15, 0.2) is 18.2 Å². The number of carbonyl (C=O) groups excluding carboxylic acids is 1. The first-order chi connectivity index (χ1) is 10.6. The Balaban J connectivity index is 1.64. The van der Waals surface area contributed by atoms with Gasteiger partial charge in [-0.2, -0.15) is 0 Å². The van der Waals surface area contributed by atoms with Crippen LogP contribution in [0.25, 0.3) is 0 Å². The van der Waals surface area contributed by atoms with Crippen molar-refractivity contribution in [1.82, 2.24) is 4.90 Å². The molecule has 1 saturated heterocycles. The Morgan fingerprint density at radius 1 is 1.09 bits per heavy atom. The Morgan fingerprint density at radius 2 is 1.77 bits per heavy atom. The molecule has 3 rings (SSSR count). The van der Waals surface area contributed by atoms with Crippen LogP contribution in [0, 0.1) is 5.92 Å². The van der Waals surface area contributed by atoms with Gasteiger partial charge >= 0.3 is 5.97 Å². The summed E-state index contributed by atoms with van der Waals surface area (Å²) in [6.07, 6.45) is 6.48. The van der Waals surface area contributed by atoms with Gasteiger partial charge in [-0.05, 0) is 67.7 Å². The third kappa shape index (κ3) is 3.32. The molecule has 4 heteroatoms. The molecule has 0 spiro atoms. The summed E-state index contributed by atoms with van der Waals surface area (Å²) in [6.45, 7) is 1.35. The fourth-order valence-corrected chi connectivity index (χ4v) is 3.64. The molecule has 4 nitrogen and oxygen atoms in total. The molecule has 1 aliphatic carbocycles. The summed E-state index contributed by atoms with van der Waals surface area (Å²) in [5.41, 5.74) is 3.51. The highest BCUT2D eigenvalue weighted by atomic mass is 16.4. The van der Waals surface area contributed by atoms with Crippen LogP contribution in [0.3, 0.4) is 0 Å². The molecule has 1 aromatic carbocycles. The van der Waals surface area contributed by atoms with Gasteiger partial charge in [-0.3, -0.25) is 9.59 Å². The van der Waals surface area contributed by atoms with Crippen LogP contribution in [0.5, 0.6) is 0 Å². The number of rotatable bonds is 3. The first kappa shape index (κ1) is 15.1. The van der Waals surface area contributed by atoms with Gasteiger partial charge in [0.2, 0.25) is 0 Å². The van der Waals surface area contributed by atoms with Crippen molar-refractivity contribution in [3.05, 3.63) is 34.9 Å². The lowest BCUT2D eigenvalue weighted by molar-refractivity contribution is -0.138. The Hall–Kier alpha value is -1.84. The normalized spacial score (nSPS) is 18.8. The smallest absolute Gasteiger partial charge is 0.303 e. The molecule has 0 unspecified atom stereocenters. The summed E-state index contributed by atoms with van der Waals surface area (Å²) in [6, 6.07) is 6.13. The van der Waals surface area contributed by atoms with Gasteiger partial charge in [0.1, 0.15) is 0 Å². The van der Waals surface area contributed by atoms with Gasteiger partial charge in [-0.15, -0.1) is 0 Å². The molecule has 22 heavy (non-hydrogen) atoms. The molecule has 0 saturated carbocycles. The van der Waals surface area contributed by atoms with Crippen LogP contribution in [-0.2, 0) is 17.6 Å². The van der Waals surface area contributed by atoms with E-state index in [2.05, 4.69) is 12.1 Å². The summed E-state index contributed by atoms with van der Waals surface area (Å²) in [5, 5.41) is 8.85. The maximum Gasteiger partial charge on any atom is 0.303 e. The van der Waals surface area contributed by atoms with E-state index >= 15 is 0 Å². The van der Waals surface area contributed by atoms with Crippen molar-refractivity contribution in [1.29, 1.82) is 0 Å². The first-order valence-corrected chi connectivity index (χ1v) is 8.26. The highest BCUT2D eigenvalue weighted by molar-refractivity contribution is 5.94. The van der Waals surface area contributed by atoms with Gasteiger partial charge in [0, 0.05) is 25.1 Å². The lowest BCUT2D eigenvalue weighted by Crippen LogP contribution is -2.39. The highest BCUT2D eigenvalue weighted by Crippen LogP contribution is 2.25. The third-order valence-electron chi connectivity index (χ3n) is 4.96. The zero-order valence-electron chi connectivity index (χ0n) is 12.9. The van der Waals surface area contributed by atoms with Gasteiger partial charge in [0.15, 0.2) is 0 Å². The summed E-state index contributed by atoms with van der Waals surface area (Å²) in [4.78, 5) is 25.3. The van der Waals surface area contributed by atoms with Crippen molar-refractivity contribution in [3.63, 3.8) is 0 Å². The number of amides is 1. The molecule has 118 valence electrons. The largest absolute Gasteiger partial charge is 0.481 e. The van der Waals surface area contributed by atoms with Crippen LogP contribution in [0.2, 0.25) is 0 Å². The number of hydrogen-bond acceptors (Lipinski definition) is 2. The highest BCUT2D eigenvalue weighted by Gasteiger charge is 2.25. The molecular formula is C18H23NO3. The van der Waals surface area contributed by atoms with Crippen molar-refractivity contribution < 1.29 is 14.7 Å². The van der Waals surface area contributed by atoms with Crippen molar-refractivity contribution >= 4 is 11.9 Å². The van der Waals surface area contributed by atoms with Gasteiger partial charge in [-0.1, -0.05) is 6.07 Å². The maximum absolute atomic E-state index is 12.6. The Bertz CT molecular complexity index is 574. The minimum atomic E-state index is -0.737. The van der Waals surface area contributed by atoms with E-state index in [0.29, 0.717) is 13.1 Å². The number of fused-ring (bicyclic) bond motifs is 1. The van der Waals surface area contributed by atoms with Gasteiger partial charge < -0.3 is 10.0 Å². The molecule has 0 atom stereocenters. The topological polar surface area (TPSA) is 57.6 Å². The average Bonchev–Trinajstić information content (AvgIpc) is 2.54. The number of nitrogens with zero attached hydrogens (tertiary/aromatic N) is 1. The van der Waals surface area contributed by atoms with Crippen LogP contribution in [0.4, 0.5) is 0 Å². The fourth-order valence-electron chi connectivity index (χ4n) is 3.64. The zero-order chi connectivity index (χ0) is 15.5. The number of piperidine rings is 1.